The van der Waals surface area contributed by atoms with Crippen molar-refractivity contribution in [3.05, 3.63) is 24.4 Å². The lowest BCUT2D eigenvalue weighted by atomic mass is 10.1. The zero-order chi connectivity index (χ0) is 22.3. The van der Waals surface area contributed by atoms with E-state index in [1.165, 1.54) is 6.42 Å². The molecule has 8 heteroatoms. The van der Waals surface area contributed by atoms with Crippen LogP contribution in [-0.4, -0.2) is 44.2 Å². The third-order valence-electron chi connectivity index (χ3n) is 6.10. The van der Waals surface area contributed by atoms with Crippen LogP contribution in [0.5, 0.6) is 0 Å². The first-order valence-corrected chi connectivity index (χ1v) is 12.5. The standard InChI is InChI=1S/C24H33N5O2S/c1-24(2,3)28-21-14-18(26-15-7-8-16(30)12-15)23-17(27-21)13-20(32-23)19-9-10-25-29(19)22-6-4-5-11-31-22/h9-10,13-16,22,30H,4-8,11-12H2,1-3H3,(H2,26,27,28)/t15-,16-,22?/m1/s1. The fraction of sp³-hybridized carbons (Fsp3) is 0.583. The Balaban J connectivity index is 1.53. The zero-order valence-electron chi connectivity index (χ0n) is 19.1. The molecule has 1 saturated heterocycles. The molecule has 4 heterocycles. The first-order chi connectivity index (χ1) is 15.4. The SMILES string of the molecule is CC(C)(C)Nc1cc(N[C@@H]2CC[C@@H](O)C2)c2sc(-c3ccnn3C3CCCCO3)cc2n1. The number of aliphatic hydroxyl groups excluding tert-OH is 1. The molecule has 2 fully saturated rings. The topological polar surface area (TPSA) is 84.2 Å². The summed E-state index contributed by atoms with van der Waals surface area (Å²) in [5.41, 5.74) is 3.04. The summed E-state index contributed by atoms with van der Waals surface area (Å²) in [7, 11) is 0. The number of nitrogens with zero attached hydrogens (tertiary/aromatic N) is 3. The number of fused-ring (bicyclic) bond motifs is 1. The Labute approximate surface area is 193 Å². The van der Waals surface area contributed by atoms with Gasteiger partial charge in [0.1, 0.15) is 5.82 Å². The number of hydrogen-bond acceptors (Lipinski definition) is 7. The molecule has 1 saturated carbocycles. The van der Waals surface area contributed by atoms with Gasteiger partial charge in [-0.3, -0.25) is 0 Å². The maximum absolute atomic E-state index is 10.00. The summed E-state index contributed by atoms with van der Waals surface area (Å²) in [5, 5.41) is 21.8. The van der Waals surface area contributed by atoms with Crippen molar-refractivity contribution < 1.29 is 9.84 Å². The molecule has 32 heavy (non-hydrogen) atoms. The monoisotopic (exact) mass is 455 g/mol. The number of aliphatic hydroxyl groups is 1. The van der Waals surface area contributed by atoms with Crippen LogP contribution >= 0.6 is 11.3 Å². The lowest BCUT2D eigenvalue weighted by molar-refractivity contribution is -0.0383. The van der Waals surface area contributed by atoms with Crippen molar-refractivity contribution in [2.24, 2.45) is 0 Å². The van der Waals surface area contributed by atoms with Crippen molar-refractivity contribution in [2.45, 2.75) is 83.2 Å². The Hall–Kier alpha value is -2.16. The number of ether oxygens (including phenoxy) is 1. The number of hydrogen-bond donors (Lipinski definition) is 3. The normalized spacial score (nSPS) is 24.2. The Morgan fingerprint density at radius 2 is 2.06 bits per heavy atom. The smallest absolute Gasteiger partial charge is 0.150 e. The highest BCUT2D eigenvalue weighted by atomic mass is 32.1. The summed E-state index contributed by atoms with van der Waals surface area (Å²) in [6.07, 6.45) is 7.56. The maximum atomic E-state index is 10.00. The lowest BCUT2D eigenvalue weighted by Gasteiger charge is -2.24. The van der Waals surface area contributed by atoms with Crippen LogP contribution in [-0.2, 0) is 4.74 Å². The molecule has 1 unspecified atom stereocenters. The van der Waals surface area contributed by atoms with Crippen molar-refractivity contribution >= 4 is 33.1 Å². The zero-order valence-corrected chi connectivity index (χ0v) is 19.9. The maximum Gasteiger partial charge on any atom is 0.150 e. The molecule has 172 valence electrons. The van der Waals surface area contributed by atoms with Gasteiger partial charge in [-0.15, -0.1) is 11.3 Å². The largest absolute Gasteiger partial charge is 0.393 e. The van der Waals surface area contributed by atoms with Crippen LogP contribution in [0, 0.1) is 0 Å². The van der Waals surface area contributed by atoms with Crippen LogP contribution in [0.2, 0.25) is 0 Å². The fourth-order valence-corrected chi connectivity index (χ4v) is 5.76. The summed E-state index contributed by atoms with van der Waals surface area (Å²) in [6.45, 7) is 7.21. The van der Waals surface area contributed by atoms with E-state index in [-0.39, 0.29) is 23.9 Å². The minimum absolute atomic E-state index is 0.00242. The summed E-state index contributed by atoms with van der Waals surface area (Å²) in [6, 6.07) is 6.63. The van der Waals surface area contributed by atoms with Gasteiger partial charge in [0, 0.05) is 30.5 Å². The van der Waals surface area contributed by atoms with Gasteiger partial charge >= 0.3 is 0 Å². The van der Waals surface area contributed by atoms with Gasteiger partial charge in [-0.1, -0.05) is 0 Å². The number of aromatic nitrogens is 3. The Morgan fingerprint density at radius 1 is 1.19 bits per heavy atom. The molecule has 0 bridgehead atoms. The lowest BCUT2D eigenvalue weighted by Crippen LogP contribution is -2.26. The molecule has 0 radical (unpaired) electrons. The van der Waals surface area contributed by atoms with Gasteiger partial charge in [-0.05, 0) is 71.4 Å². The summed E-state index contributed by atoms with van der Waals surface area (Å²) in [4.78, 5) is 6.07. The second-order valence-corrected chi connectivity index (χ2v) is 11.1. The third kappa shape index (κ3) is 4.63. The molecule has 1 aliphatic carbocycles. The molecule has 0 aromatic carbocycles. The number of nitrogens with one attached hydrogen (secondary N) is 2. The summed E-state index contributed by atoms with van der Waals surface area (Å²) in [5.74, 6) is 0.861. The molecule has 1 aliphatic heterocycles. The molecule has 5 rings (SSSR count). The first-order valence-electron chi connectivity index (χ1n) is 11.7. The van der Waals surface area contributed by atoms with Crippen molar-refractivity contribution in [1.29, 1.82) is 0 Å². The Bertz CT molecular complexity index is 1080. The van der Waals surface area contributed by atoms with Crippen LogP contribution in [0.1, 0.15) is 65.5 Å². The molecule has 3 aromatic heterocycles. The van der Waals surface area contributed by atoms with Crippen molar-refractivity contribution in [2.75, 3.05) is 17.2 Å². The molecule has 2 aliphatic rings. The van der Waals surface area contributed by atoms with Crippen molar-refractivity contribution in [3.8, 4) is 10.6 Å². The minimum Gasteiger partial charge on any atom is -0.393 e. The average Bonchev–Trinajstić information content (AvgIpc) is 3.46. The third-order valence-corrected chi connectivity index (χ3v) is 7.28. The average molecular weight is 456 g/mol. The van der Waals surface area contributed by atoms with Gasteiger partial charge in [-0.2, -0.15) is 5.10 Å². The van der Waals surface area contributed by atoms with Gasteiger partial charge in [0.15, 0.2) is 6.23 Å². The number of anilines is 2. The highest BCUT2D eigenvalue weighted by Crippen LogP contribution is 2.40. The van der Waals surface area contributed by atoms with E-state index in [1.54, 1.807) is 11.3 Å². The quantitative estimate of drug-likeness (QED) is 0.478. The van der Waals surface area contributed by atoms with Gasteiger partial charge in [0.2, 0.25) is 0 Å². The second kappa shape index (κ2) is 8.65. The first kappa shape index (κ1) is 21.7. The second-order valence-electron chi connectivity index (χ2n) is 10.0. The predicted octanol–water partition coefficient (Wildman–Crippen LogP) is 5.39. The van der Waals surface area contributed by atoms with Crippen LogP contribution in [0.3, 0.4) is 0 Å². The minimum atomic E-state index is -0.208. The molecule has 0 spiro atoms. The highest BCUT2D eigenvalue weighted by molar-refractivity contribution is 7.22. The summed E-state index contributed by atoms with van der Waals surface area (Å²) >= 11 is 1.74. The van der Waals surface area contributed by atoms with E-state index < -0.39 is 0 Å². The number of rotatable bonds is 5. The van der Waals surface area contributed by atoms with Crippen molar-refractivity contribution in [1.82, 2.24) is 14.8 Å². The molecule has 3 N–H and O–H groups in total. The Morgan fingerprint density at radius 3 is 2.78 bits per heavy atom. The van der Waals surface area contributed by atoms with Crippen LogP contribution in [0.4, 0.5) is 11.5 Å². The molecule has 0 amide bonds. The van der Waals surface area contributed by atoms with Gasteiger partial charge < -0.3 is 20.5 Å². The van der Waals surface area contributed by atoms with Crippen LogP contribution < -0.4 is 10.6 Å². The van der Waals surface area contributed by atoms with E-state index >= 15 is 0 Å². The van der Waals surface area contributed by atoms with Crippen LogP contribution in [0.15, 0.2) is 24.4 Å². The molecule has 7 nitrogen and oxygen atoms in total. The summed E-state index contributed by atoms with van der Waals surface area (Å²) < 4.78 is 9.16. The number of pyridine rings is 1. The highest BCUT2D eigenvalue weighted by Gasteiger charge is 2.25. The molecule has 3 atom stereocenters. The fourth-order valence-electron chi connectivity index (χ4n) is 4.67. The van der Waals surface area contributed by atoms with E-state index in [2.05, 4.69) is 54.7 Å². The van der Waals surface area contributed by atoms with Gasteiger partial charge in [-0.25, -0.2) is 9.67 Å². The van der Waals surface area contributed by atoms with Gasteiger partial charge in [0.05, 0.1) is 32.6 Å². The van der Waals surface area contributed by atoms with Crippen LogP contribution in [0.25, 0.3) is 20.8 Å². The molecular formula is C24H33N5O2S. The van der Waals surface area contributed by atoms with E-state index in [0.29, 0.717) is 0 Å². The van der Waals surface area contributed by atoms with Crippen molar-refractivity contribution in [3.63, 3.8) is 0 Å². The molecule has 3 aromatic rings. The van der Waals surface area contributed by atoms with Gasteiger partial charge in [0.25, 0.3) is 0 Å². The van der Waals surface area contributed by atoms with E-state index in [0.717, 1.165) is 71.0 Å². The van der Waals surface area contributed by atoms with E-state index in [1.807, 2.05) is 10.9 Å². The van der Waals surface area contributed by atoms with E-state index in [4.69, 9.17) is 9.72 Å². The van der Waals surface area contributed by atoms with E-state index in [9.17, 15) is 5.11 Å². The number of thiophene rings is 1. The predicted molar refractivity (Wildman–Crippen MR) is 130 cm³/mol. The Kier molecular flexibility index (Phi) is 5.86. The molecular weight excluding hydrogens is 422 g/mol.